The third-order valence-corrected chi connectivity index (χ3v) is 8.39. The van der Waals surface area contributed by atoms with Crippen LogP contribution in [0, 0.1) is 0 Å². The van der Waals surface area contributed by atoms with Gasteiger partial charge in [-0.1, -0.05) is 23.7 Å². The van der Waals surface area contributed by atoms with Gasteiger partial charge in [0.1, 0.15) is 11.5 Å². The summed E-state index contributed by atoms with van der Waals surface area (Å²) in [6.07, 6.45) is 3.33. The summed E-state index contributed by atoms with van der Waals surface area (Å²) in [7, 11) is 3.01. The molecule has 0 saturated carbocycles. The molecule has 4 heterocycles. The van der Waals surface area contributed by atoms with Crippen molar-refractivity contribution >= 4 is 28.6 Å². The molecule has 6 rings (SSSR count). The highest BCUT2D eigenvalue weighted by Crippen LogP contribution is 2.49. The Labute approximate surface area is 247 Å². The van der Waals surface area contributed by atoms with Crippen LogP contribution in [-0.4, -0.2) is 45.6 Å². The zero-order chi connectivity index (χ0) is 29.8. The van der Waals surface area contributed by atoms with Crippen LogP contribution in [0.5, 0.6) is 11.5 Å². The molecule has 0 amide bonds. The van der Waals surface area contributed by atoms with Crippen LogP contribution in [-0.2, 0) is 30.0 Å². The number of methoxy groups -OCH3 is 1. The first kappa shape index (κ1) is 28.4. The van der Waals surface area contributed by atoms with E-state index in [1.165, 1.54) is 13.2 Å². The summed E-state index contributed by atoms with van der Waals surface area (Å²) >= 11 is 6.02. The number of alkyl halides is 2. The highest BCUT2D eigenvalue weighted by Gasteiger charge is 2.42. The lowest BCUT2D eigenvalue weighted by molar-refractivity contribution is -0.0722. The average Bonchev–Trinajstić information content (AvgIpc) is 3.48. The Kier molecular flexibility index (Phi) is 7.09. The van der Waals surface area contributed by atoms with Gasteiger partial charge in [0.15, 0.2) is 11.5 Å². The molecule has 0 aliphatic carbocycles. The minimum atomic E-state index is -3.17. The van der Waals surface area contributed by atoms with E-state index in [1.807, 2.05) is 19.1 Å². The molecule has 1 atom stereocenters. The number of pyridine rings is 1. The SMILES string of the molecule is COC(=O)c1cc(C(C)(F)F)c2nc(CN3CCC(c4cccc5c4O[C@@](C)(c4ccc(Cl)cn4)O5)CC3)n(C)c2c1. The molecule has 4 aromatic rings. The molecule has 42 heavy (non-hydrogen) atoms. The number of fused-ring (bicyclic) bond motifs is 2. The number of rotatable bonds is 6. The molecule has 2 aromatic carbocycles. The lowest BCUT2D eigenvalue weighted by Gasteiger charge is -2.32. The fraction of sp³-hybridized carbons (Fsp3) is 0.387. The Morgan fingerprint density at radius 1 is 1.19 bits per heavy atom. The third-order valence-electron chi connectivity index (χ3n) is 8.17. The summed E-state index contributed by atoms with van der Waals surface area (Å²) in [5.74, 6) is -2.56. The van der Waals surface area contributed by atoms with Crippen LogP contribution in [0.1, 0.15) is 65.6 Å². The smallest absolute Gasteiger partial charge is 0.337 e. The molecule has 2 aliphatic heterocycles. The van der Waals surface area contributed by atoms with E-state index in [0.717, 1.165) is 44.2 Å². The highest BCUT2D eigenvalue weighted by atomic mass is 35.5. The number of hydrogen-bond acceptors (Lipinski definition) is 7. The van der Waals surface area contributed by atoms with E-state index >= 15 is 0 Å². The van der Waals surface area contributed by atoms with Crippen molar-refractivity contribution in [3.05, 3.63) is 81.9 Å². The summed E-state index contributed by atoms with van der Waals surface area (Å²) in [5.41, 5.74) is 2.17. The van der Waals surface area contributed by atoms with Crippen molar-refractivity contribution in [3.8, 4) is 11.5 Å². The van der Waals surface area contributed by atoms with Crippen LogP contribution < -0.4 is 9.47 Å². The maximum absolute atomic E-state index is 14.6. The van der Waals surface area contributed by atoms with Gasteiger partial charge in [0.25, 0.3) is 11.7 Å². The molecule has 8 nitrogen and oxygen atoms in total. The highest BCUT2D eigenvalue weighted by molar-refractivity contribution is 6.30. The van der Waals surface area contributed by atoms with Crippen molar-refractivity contribution < 1.29 is 27.8 Å². The van der Waals surface area contributed by atoms with E-state index in [-0.39, 0.29) is 22.6 Å². The van der Waals surface area contributed by atoms with Crippen molar-refractivity contribution in [3.63, 3.8) is 0 Å². The summed E-state index contributed by atoms with van der Waals surface area (Å²) in [4.78, 5) is 23.5. The number of hydrogen-bond donors (Lipinski definition) is 0. The molecular weight excluding hydrogens is 566 g/mol. The molecule has 0 unspecified atom stereocenters. The molecule has 0 spiro atoms. The number of esters is 1. The Morgan fingerprint density at radius 3 is 2.62 bits per heavy atom. The Morgan fingerprint density at radius 2 is 1.95 bits per heavy atom. The van der Waals surface area contributed by atoms with E-state index in [4.69, 9.17) is 25.8 Å². The van der Waals surface area contributed by atoms with Gasteiger partial charge in [-0.15, -0.1) is 0 Å². The summed E-state index contributed by atoms with van der Waals surface area (Å²) < 4.78 is 48.3. The average molecular weight is 597 g/mol. The van der Waals surface area contributed by atoms with Crippen LogP contribution >= 0.6 is 11.6 Å². The first-order chi connectivity index (χ1) is 20.0. The summed E-state index contributed by atoms with van der Waals surface area (Å²) in [6, 6.07) is 12.3. The molecule has 0 radical (unpaired) electrons. The molecular formula is C31H31ClF2N4O4. The van der Waals surface area contributed by atoms with Gasteiger partial charge in [-0.3, -0.25) is 9.88 Å². The van der Waals surface area contributed by atoms with Gasteiger partial charge in [0.2, 0.25) is 0 Å². The fourth-order valence-corrected chi connectivity index (χ4v) is 5.98. The second-order valence-corrected chi connectivity index (χ2v) is 11.5. The van der Waals surface area contributed by atoms with Crippen LogP contribution in [0.2, 0.25) is 5.02 Å². The van der Waals surface area contributed by atoms with Gasteiger partial charge in [-0.2, -0.15) is 0 Å². The molecule has 1 saturated heterocycles. The lowest BCUT2D eigenvalue weighted by Crippen LogP contribution is -2.34. The van der Waals surface area contributed by atoms with Crippen molar-refractivity contribution in [1.82, 2.24) is 19.4 Å². The Balaban J connectivity index is 1.19. The van der Waals surface area contributed by atoms with E-state index in [0.29, 0.717) is 34.4 Å². The summed E-state index contributed by atoms with van der Waals surface area (Å²) in [6.45, 7) is 4.73. The quantitative estimate of drug-likeness (QED) is 0.234. The number of aromatic nitrogens is 3. The van der Waals surface area contributed by atoms with E-state index < -0.39 is 17.7 Å². The van der Waals surface area contributed by atoms with Gasteiger partial charge in [0, 0.05) is 38.2 Å². The molecule has 1 fully saturated rings. The molecule has 2 aromatic heterocycles. The number of piperidine rings is 1. The number of para-hydroxylation sites is 1. The van der Waals surface area contributed by atoms with Gasteiger partial charge < -0.3 is 18.8 Å². The molecule has 0 N–H and O–H groups in total. The third kappa shape index (κ3) is 5.07. The number of nitrogens with zero attached hydrogens (tertiary/aromatic N) is 4. The van der Waals surface area contributed by atoms with Gasteiger partial charge in [0.05, 0.1) is 35.3 Å². The van der Waals surface area contributed by atoms with Crippen molar-refractivity contribution in [2.45, 2.75) is 50.9 Å². The first-order valence-corrected chi connectivity index (χ1v) is 14.2. The van der Waals surface area contributed by atoms with Gasteiger partial charge >= 0.3 is 5.97 Å². The van der Waals surface area contributed by atoms with Crippen molar-refractivity contribution in [2.24, 2.45) is 7.05 Å². The number of likely N-dealkylation sites (tertiary alicyclic amines) is 1. The monoisotopic (exact) mass is 596 g/mol. The fourth-order valence-electron chi connectivity index (χ4n) is 5.87. The molecule has 0 bridgehead atoms. The van der Waals surface area contributed by atoms with E-state index in [2.05, 4.69) is 20.9 Å². The van der Waals surface area contributed by atoms with Crippen LogP contribution in [0.3, 0.4) is 0 Å². The number of ether oxygens (including phenoxy) is 3. The van der Waals surface area contributed by atoms with Gasteiger partial charge in [-0.25, -0.2) is 18.6 Å². The van der Waals surface area contributed by atoms with Crippen LogP contribution in [0.15, 0.2) is 48.7 Å². The standard InChI is InChI=1S/C31H31ClF2N4O4/c1-30(33,34)22-14-19(29(39)40-4)15-23-27(22)36-26(37(23)3)17-38-12-10-18(11-13-38)21-6-5-7-24-28(21)42-31(2,41-24)25-9-8-20(32)16-35-25/h5-9,14-16,18H,10-13,17H2,1-4H3/t31-/m0/s1. The number of imidazole rings is 1. The minimum Gasteiger partial charge on any atom is -0.465 e. The largest absolute Gasteiger partial charge is 0.465 e. The maximum Gasteiger partial charge on any atom is 0.337 e. The zero-order valence-corrected chi connectivity index (χ0v) is 24.5. The van der Waals surface area contributed by atoms with Crippen LogP contribution in [0.25, 0.3) is 11.0 Å². The molecule has 11 heteroatoms. The number of halogens is 3. The Hall–Kier alpha value is -3.76. The van der Waals surface area contributed by atoms with Crippen LogP contribution in [0.4, 0.5) is 8.78 Å². The van der Waals surface area contributed by atoms with Crippen molar-refractivity contribution in [2.75, 3.05) is 20.2 Å². The number of carbonyl (C=O) groups is 1. The number of aryl methyl sites for hydroxylation is 1. The predicted molar refractivity (Wildman–Crippen MR) is 153 cm³/mol. The zero-order valence-electron chi connectivity index (χ0n) is 23.8. The van der Waals surface area contributed by atoms with Gasteiger partial charge in [-0.05, 0) is 62.2 Å². The first-order valence-electron chi connectivity index (χ1n) is 13.8. The Bertz CT molecular complexity index is 1660. The maximum atomic E-state index is 14.6. The topological polar surface area (TPSA) is 78.7 Å². The van der Waals surface area contributed by atoms with E-state index in [9.17, 15) is 13.6 Å². The normalized spacial score (nSPS) is 19.4. The molecule has 2 aliphatic rings. The number of benzene rings is 2. The minimum absolute atomic E-state index is 0.0708. The summed E-state index contributed by atoms with van der Waals surface area (Å²) in [5, 5.41) is 0.540. The predicted octanol–water partition coefficient (Wildman–Crippen LogP) is 6.54. The number of carbonyl (C=O) groups excluding carboxylic acids is 1. The second-order valence-electron chi connectivity index (χ2n) is 11.1. The molecule has 220 valence electrons. The van der Waals surface area contributed by atoms with E-state index in [1.54, 1.807) is 36.0 Å². The second kappa shape index (κ2) is 10.5. The van der Waals surface area contributed by atoms with Crippen molar-refractivity contribution in [1.29, 1.82) is 0 Å². The lowest BCUT2D eigenvalue weighted by atomic mass is 9.88.